The minimum atomic E-state index is -4.15. The molecular formula is C11H13BrFNO4S. The Morgan fingerprint density at radius 3 is 2.32 bits per heavy atom. The van der Waals surface area contributed by atoms with Gasteiger partial charge in [0.2, 0.25) is 10.0 Å². The number of hydrogen-bond acceptors (Lipinski definition) is 3. The first-order valence-electron chi connectivity index (χ1n) is 5.20. The van der Waals surface area contributed by atoms with Crippen molar-refractivity contribution in [2.24, 2.45) is 0 Å². The quantitative estimate of drug-likeness (QED) is 0.873. The van der Waals surface area contributed by atoms with Gasteiger partial charge in [-0.15, -0.1) is 0 Å². The van der Waals surface area contributed by atoms with E-state index >= 15 is 0 Å². The second-order valence-electron chi connectivity index (χ2n) is 4.93. The van der Waals surface area contributed by atoms with E-state index in [1.807, 2.05) is 0 Å². The van der Waals surface area contributed by atoms with E-state index in [1.165, 1.54) is 0 Å². The zero-order valence-electron chi connectivity index (χ0n) is 10.5. The van der Waals surface area contributed by atoms with Crippen LogP contribution in [0.2, 0.25) is 0 Å². The fourth-order valence-corrected chi connectivity index (χ4v) is 3.53. The van der Waals surface area contributed by atoms with E-state index < -0.39 is 37.8 Å². The van der Waals surface area contributed by atoms with E-state index in [2.05, 4.69) is 20.7 Å². The molecule has 0 aliphatic rings. The summed E-state index contributed by atoms with van der Waals surface area (Å²) < 4.78 is 40.4. The summed E-state index contributed by atoms with van der Waals surface area (Å²) in [5.41, 5.74) is -1.51. The Labute approximate surface area is 119 Å². The van der Waals surface area contributed by atoms with Gasteiger partial charge in [0, 0.05) is 10.0 Å². The largest absolute Gasteiger partial charge is 0.478 e. The highest BCUT2D eigenvalue weighted by atomic mass is 79.9. The van der Waals surface area contributed by atoms with Crippen LogP contribution in [0.15, 0.2) is 21.5 Å². The van der Waals surface area contributed by atoms with Gasteiger partial charge in [-0.05, 0) is 32.9 Å². The molecule has 0 amide bonds. The Morgan fingerprint density at radius 1 is 1.37 bits per heavy atom. The summed E-state index contributed by atoms with van der Waals surface area (Å²) in [6.45, 7) is 4.79. The summed E-state index contributed by atoms with van der Waals surface area (Å²) in [7, 11) is -4.15. The van der Waals surface area contributed by atoms with E-state index in [4.69, 9.17) is 5.11 Å². The van der Waals surface area contributed by atoms with Gasteiger partial charge in [0.25, 0.3) is 0 Å². The highest BCUT2D eigenvalue weighted by molar-refractivity contribution is 9.10. The van der Waals surface area contributed by atoms with Crippen LogP contribution >= 0.6 is 15.9 Å². The molecule has 0 bridgehead atoms. The molecular weight excluding hydrogens is 341 g/mol. The zero-order chi connectivity index (χ0) is 15.0. The monoisotopic (exact) mass is 353 g/mol. The second-order valence-corrected chi connectivity index (χ2v) is 7.49. The van der Waals surface area contributed by atoms with Gasteiger partial charge in [0.15, 0.2) is 5.82 Å². The maximum atomic E-state index is 14.0. The number of carbonyl (C=O) groups is 1. The molecule has 19 heavy (non-hydrogen) atoms. The smallest absolute Gasteiger partial charge is 0.338 e. The second kappa shape index (κ2) is 5.18. The number of carboxylic acids is 1. The summed E-state index contributed by atoms with van der Waals surface area (Å²) in [6, 6.07) is 2.03. The van der Waals surface area contributed by atoms with Crippen LogP contribution < -0.4 is 4.72 Å². The molecule has 0 aromatic heterocycles. The van der Waals surface area contributed by atoms with E-state index in [-0.39, 0.29) is 4.47 Å². The summed E-state index contributed by atoms with van der Waals surface area (Å²) in [4.78, 5) is 10.2. The first-order chi connectivity index (χ1) is 8.44. The normalized spacial score (nSPS) is 12.5. The van der Waals surface area contributed by atoms with Crippen molar-refractivity contribution < 1.29 is 22.7 Å². The van der Waals surface area contributed by atoms with Gasteiger partial charge in [-0.3, -0.25) is 0 Å². The van der Waals surface area contributed by atoms with Gasteiger partial charge in [0.1, 0.15) is 4.90 Å². The number of nitrogens with one attached hydrogen (secondary N) is 1. The maximum absolute atomic E-state index is 14.0. The minimum absolute atomic E-state index is 0.167. The van der Waals surface area contributed by atoms with Crippen LogP contribution in [0.25, 0.3) is 0 Å². The Morgan fingerprint density at radius 2 is 1.89 bits per heavy atom. The highest BCUT2D eigenvalue weighted by Gasteiger charge is 2.28. The number of carboxylic acid groups (broad SMARTS) is 1. The van der Waals surface area contributed by atoms with Crippen molar-refractivity contribution >= 4 is 31.9 Å². The molecule has 8 heteroatoms. The van der Waals surface area contributed by atoms with Gasteiger partial charge in [-0.1, -0.05) is 15.9 Å². The lowest BCUT2D eigenvalue weighted by molar-refractivity contribution is 0.0691. The Balaban J connectivity index is 3.48. The van der Waals surface area contributed by atoms with E-state index in [1.54, 1.807) is 20.8 Å². The molecule has 1 aromatic rings. The third-order valence-electron chi connectivity index (χ3n) is 1.96. The highest BCUT2D eigenvalue weighted by Crippen LogP contribution is 2.25. The van der Waals surface area contributed by atoms with Crippen LogP contribution in [0, 0.1) is 5.82 Å². The molecule has 0 spiro atoms. The SMILES string of the molecule is CC(C)(C)NS(=O)(=O)c1cc(Br)cc(C(=O)O)c1F. The fraction of sp³-hybridized carbons (Fsp3) is 0.364. The van der Waals surface area contributed by atoms with Gasteiger partial charge in [0.05, 0.1) is 5.56 Å². The molecule has 0 saturated carbocycles. The Kier molecular flexibility index (Phi) is 4.38. The van der Waals surface area contributed by atoms with Gasteiger partial charge in [-0.2, -0.15) is 0 Å². The predicted molar refractivity (Wildman–Crippen MR) is 71.1 cm³/mol. The average Bonchev–Trinajstić information content (AvgIpc) is 2.16. The Bertz CT molecular complexity index is 622. The van der Waals surface area contributed by atoms with Crippen molar-refractivity contribution in [1.29, 1.82) is 0 Å². The first-order valence-corrected chi connectivity index (χ1v) is 7.48. The molecule has 0 aliphatic heterocycles. The molecule has 106 valence electrons. The molecule has 0 atom stereocenters. The number of sulfonamides is 1. The Hall–Kier alpha value is -0.990. The van der Waals surface area contributed by atoms with Crippen molar-refractivity contribution in [3.63, 3.8) is 0 Å². The van der Waals surface area contributed by atoms with Gasteiger partial charge >= 0.3 is 5.97 Å². The predicted octanol–water partition coefficient (Wildman–Crippen LogP) is 2.36. The topological polar surface area (TPSA) is 83.5 Å². The average molecular weight is 354 g/mol. The number of rotatable bonds is 3. The summed E-state index contributed by atoms with van der Waals surface area (Å²) in [6.07, 6.45) is 0. The number of benzene rings is 1. The molecule has 1 aromatic carbocycles. The van der Waals surface area contributed by atoms with E-state index in [0.717, 1.165) is 12.1 Å². The van der Waals surface area contributed by atoms with Crippen LogP contribution in [0.4, 0.5) is 4.39 Å². The third kappa shape index (κ3) is 3.99. The molecule has 0 heterocycles. The van der Waals surface area contributed by atoms with Crippen LogP contribution in [-0.2, 0) is 10.0 Å². The zero-order valence-corrected chi connectivity index (χ0v) is 12.9. The van der Waals surface area contributed by atoms with Crippen molar-refractivity contribution in [1.82, 2.24) is 4.72 Å². The van der Waals surface area contributed by atoms with Crippen molar-refractivity contribution in [3.05, 3.63) is 28.0 Å². The van der Waals surface area contributed by atoms with E-state index in [0.29, 0.717) is 0 Å². The maximum Gasteiger partial charge on any atom is 0.338 e. The standard InChI is InChI=1S/C11H13BrFNO4S/c1-11(2,3)14-19(17,18)8-5-6(12)4-7(9(8)13)10(15)16/h4-5,14H,1-3H3,(H,15,16). The molecule has 0 fully saturated rings. The fourth-order valence-electron chi connectivity index (χ4n) is 1.37. The van der Waals surface area contributed by atoms with Crippen molar-refractivity contribution in [3.8, 4) is 0 Å². The molecule has 0 radical (unpaired) electrons. The lowest BCUT2D eigenvalue weighted by Crippen LogP contribution is -2.40. The number of hydrogen-bond donors (Lipinski definition) is 2. The summed E-state index contributed by atoms with van der Waals surface area (Å²) >= 11 is 2.97. The van der Waals surface area contributed by atoms with Crippen molar-refractivity contribution in [2.75, 3.05) is 0 Å². The summed E-state index contributed by atoms with van der Waals surface area (Å²) in [5, 5.41) is 8.84. The van der Waals surface area contributed by atoms with Crippen LogP contribution in [0.5, 0.6) is 0 Å². The molecule has 1 rings (SSSR count). The van der Waals surface area contributed by atoms with Crippen LogP contribution in [0.1, 0.15) is 31.1 Å². The van der Waals surface area contributed by atoms with Crippen LogP contribution in [-0.4, -0.2) is 25.0 Å². The summed E-state index contributed by atoms with van der Waals surface area (Å²) in [5.74, 6) is -2.82. The van der Waals surface area contributed by atoms with Crippen molar-refractivity contribution in [2.45, 2.75) is 31.2 Å². The first kappa shape index (κ1) is 16.1. The lowest BCUT2D eigenvalue weighted by atomic mass is 10.1. The lowest BCUT2D eigenvalue weighted by Gasteiger charge is -2.20. The van der Waals surface area contributed by atoms with E-state index in [9.17, 15) is 17.6 Å². The van der Waals surface area contributed by atoms with Crippen LogP contribution in [0.3, 0.4) is 0 Å². The van der Waals surface area contributed by atoms with Gasteiger partial charge < -0.3 is 5.11 Å². The molecule has 2 N–H and O–H groups in total. The number of halogens is 2. The third-order valence-corrected chi connectivity index (χ3v) is 4.18. The molecule has 0 unspecified atom stereocenters. The number of aromatic carboxylic acids is 1. The van der Waals surface area contributed by atoms with Gasteiger partial charge in [-0.25, -0.2) is 22.3 Å². The molecule has 0 saturated heterocycles. The molecule has 0 aliphatic carbocycles. The minimum Gasteiger partial charge on any atom is -0.478 e. The molecule has 5 nitrogen and oxygen atoms in total.